The van der Waals surface area contributed by atoms with E-state index in [0.29, 0.717) is 23.1 Å². The van der Waals surface area contributed by atoms with E-state index in [1.54, 1.807) is 30.3 Å². The lowest BCUT2D eigenvalue weighted by atomic mass is 9.88. The van der Waals surface area contributed by atoms with Crippen molar-refractivity contribution in [3.05, 3.63) is 59.1 Å². The summed E-state index contributed by atoms with van der Waals surface area (Å²) in [6.07, 6.45) is 6.93. The largest absolute Gasteiger partial charge is 0.451 e. The molecule has 1 saturated carbocycles. The zero-order valence-corrected chi connectivity index (χ0v) is 15.0. The Bertz CT molecular complexity index is 955. The summed E-state index contributed by atoms with van der Waals surface area (Å²) in [5.41, 5.74) is 3.11. The highest BCUT2D eigenvalue weighted by Gasteiger charge is 2.40. The van der Waals surface area contributed by atoms with Gasteiger partial charge in [-0.2, -0.15) is 0 Å². The maximum absolute atomic E-state index is 14.0. The molecule has 2 aliphatic carbocycles. The molecule has 4 nitrogen and oxygen atoms in total. The second-order valence-corrected chi connectivity index (χ2v) is 7.58. The summed E-state index contributed by atoms with van der Waals surface area (Å²) >= 11 is 0. The van der Waals surface area contributed by atoms with E-state index in [1.165, 1.54) is 17.2 Å². The number of carbonyl (C=O) groups excluding carboxylic acids is 1. The zero-order chi connectivity index (χ0) is 18.4. The molecule has 1 aromatic heterocycles. The minimum Gasteiger partial charge on any atom is -0.451 e. The maximum atomic E-state index is 14.0. The Labute approximate surface area is 157 Å². The van der Waals surface area contributed by atoms with Gasteiger partial charge in [-0.05, 0) is 67.5 Å². The van der Waals surface area contributed by atoms with Crippen LogP contribution < -0.4 is 0 Å². The second-order valence-electron chi connectivity index (χ2n) is 7.58. The number of nitrogens with zero attached hydrogens (tertiary/aromatic N) is 2. The summed E-state index contributed by atoms with van der Waals surface area (Å²) in [4.78, 5) is 19.6. The van der Waals surface area contributed by atoms with Gasteiger partial charge in [-0.15, -0.1) is 0 Å². The van der Waals surface area contributed by atoms with Crippen LogP contribution in [0.25, 0.3) is 11.3 Å². The molecule has 5 heteroatoms. The number of benzene rings is 1. The van der Waals surface area contributed by atoms with Crippen molar-refractivity contribution < 1.29 is 13.6 Å². The predicted molar refractivity (Wildman–Crippen MR) is 101 cm³/mol. The molecular formula is C22H21FN2O2. The lowest BCUT2D eigenvalue weighted by Gasteiger charge is -2.34. The van der Waals surface area contributed by atoms with Crippen LogP contribution in [0.3, 0.4) is 0 Å². The van der Waals surface area contributed by atoms with Crippen molar-refractivity contribution in [2.24, 2.45) is 4.99 Å². The van der Waals surface area contributed by atoms with Crippen LogP contribution in [-0.2, 0) is 0 Å². The van der Waals surface area contributed by atoms with E-state index in [0.717, 1.165) is 38.6 Å². The van der Waals surface area contributed by atoms with E-state index < -0.39 is 0 Å². The Kier molecular flexibility index (Phi) is 3.96. The van der Waals surface area contributed by atoms with Crippen LogP contribution in [0.15, 0.2) is 57.0 Å². The molecule has 0 radical (unpaired) electrons. The predicted octanol–water partition coefficient (Wildman–Crippen LogP) is 4.62. The topological polar surface area (TPSA) is 45.8 Å². The van der Waals surface area contributed by atoms with E-state index in [1.807, 2.05) is 11.1 Å². The van der Waals surface area contributed by atoms with Gasteiger partial charge in [-0.25, -0.2) is 4.39 Å². The number of furan rings is 1. The number of halogens is 1. The van der Waals surface area contributed by atoms with Gasteiger partial charge in [0.15, 0.2) is 5.76 Å². The first-order chi connectivity index (χ1) is 13.2. The average molecular weight is 364 g/mol. The molecule has 0 N–H and O–H groups in total. The van der Waals surface area contributed by atoms with E-state index >= 15 is 0 Å². The third-order valence-electron chi connectivity index (χ3n) is 5.74. The number of amides is 1. The summed E-state index contributed by atoms with van der Waals surface area (Å²) < 4.78 is 19.8. The highest BCUT2D eigenvalue weighted by molar-refractivity contribution is 5.93. The summed E-state index contributed by atoms with van der Waals surface area (Å²) in [5.74, 6) is 0.255. The van der Waals surface area contributed by atoms with Gasteiger partial charge in [0.05, 0.1) is 12.1 Å². The fourth-order valence-corrected chi connectivity index (χ4v) is 4.20. The summed E-state index contributed by atoms with van der Waals surface area (Å²) in [5, 5.41) is 0. The van der Waals surface area contributed by atoms with E-state index in [4.69, 9.17) is 4.42 Å². The van der Waals surface area contributed by atoms with Gasteiger partial charge >= 0.3 is 0 Å². The Hall–Kier alpha value is -2.69. The van der Waals surface area contributed by atoms with Crippen LogP contribution in [0, 0.1) is 5.82 Å². The summed E-state index contributed by atoms with van der Waals surface area (Å²) in [6.45, 7) is 0.823. The third-order valence-corrected chi connectivity index (χ3v) is 5.74. The first-order valence-corrected chi connectivity index (χ1v) is 9.59. The summed E-state index contributed by atoms with van der Waals surface area (Å²) in [6, 6.07) is 10.3. The van der Waals surface area contributed by atoms with Crippen molar-refractivity contribution >= 4 is 12.1 Å². The molecule has 1 amide bonds. The van der Waals surface area contributed by atoms with Crippen molar-refractivity contribution in [3.8, 4) is 11.3 Å². The van der Waals surface area contributed by atoms with Gasteiger partial charge in [-0.3, -0.25) is 9.79 Å². The minimum atomic E-state index is -0.350. The number of aliphatic imine (C=N–C) groups is 1. The summed E-state index contributed by atoms with van der Waals surface area (Å²) in [7, 11) is 0. The van der Waals surface area contributed by atoms with Crippen LogP contribution in [0.5, 0.6) is 0 Å². The fourth-order valence-electron chi connectivity index (χ4n) is 4.20. The highest BCUT2D eigenvalue weighted by Crippen LogP contribution is 2.38. The van der Waals surface area contributed by atoms with Crippen molar-refractivity contribution in [1.29, 1.82) is 0 Å². The number of rotatable bonds is 4. The van der Waals surface area contributed by atoms with Crippen LogP contribution >= 0.6 is 0 Å². The number of hydrogen-bond donors (Lipinski definition) is 0. The first kappa shape index (κ1) is 16.5. The quantitative estimate of drug-likeness (QED) is 0.794. The van der Waals surface area contributed by atoms with Gasteiger partial charge in [0.25, 0.3) is 5.91 Å². The average Bonchev–Trinajstić information content (AvgIpc) is 3.20. The Morgan fingerprint density at radius 1 is 1.11 bits per heavy atom. The second kappa shape index (κ2) is 6.48. The van der Waals surface area contributed by atoms with Crippen LogP contribution in [-0.4, -0.2) is 35.7 Å². The Morgan fingerprint density at radius 3 is 2.78 bits per heavy atom. The van der Waals surface area contributed by atoms with Crippen LogP contribution in [0.1, 0.15) is 42.7 Å². The Morgan fingerprint density at radius 2 is 1.96 bits per heavy atom. The van der Waals surface area contributed by atoms with Gasteiger partial charge in [0.1, 0.15) is 11.6 Å². The SMILES string of the molecule is O=C(c1ccc(-c2ccccc2F)o1)N(C1CC1)C1CCC2=C(C=NC2)C1. The smallest absolute Gasteiger partial charge is 0.290 e. The Balaban J connectivity index is 1.40. The van der Waals surface area contributed by atoms with Gasteiger partial charge in [0, 0.05) is 18.3 Å². The van der Waals surface area contributed by atoms with Gasteiger partial charge in [-0.1, -0.05) is 12.1 Å². The normalized spacial score (nSPS) is 21.4. The molecule has 1 fully saturated rings. The molecule has 1 aliphatic heterocycles. The molecule has 1 aromatic carbocycles. The van der Waals surface area contributed by atoms with E-state index in [2.05, 4.69) is 4.99 Å². The van der Waals surface area contributed by atoms with Crippen molar-refractivity contribution in [3.63, 3.8) is 0 Å². The molecule has 138 valence electrons. The molecule has 0 spiro atoms. The zero-order valence-electron chi connectivity index (χ0n) is 15.0. The highest BCUT2D eigenvalue weighted by atomic mass is 19.1. The molecule has 3 aliphatic rings. The van der Waals surface area contributed by atoms with Gasteiger partial charge in [0.2, 0.25) is 0 Å². The van der Waals surface area contributed by atoms with Crippen LogP contribution in [0.4, 0.5) is 4.39 Å². The lowest BCUT2D eigenvalue weighted by Crippen LogP contribution is -2.43. The molecule has 5 rings (SSSR count). The minimum absolute atomic E-state index is 0.0796. The standard InChI is InChI=1S/C22H21FN2O2/c23-19-4-2-1-3-18(19)20-9-10-21(27-20)22(26)25(16-7-8-16)17-6-5-14-12-24-13-15(14)11-17/h1-4,9-10,13,16-17H,5-8,11-12H2. The first-order valence-electron chi connectivity index (χ1n) is 9.59. The van der Waals surface area contributed by atoms with Crippen molar-refractivity contribution in [1.82, 2.24) is 4.90 Å². The lowest BCUT2D eigenvalue weighted by molar-refractivity contribution is 0.0613. The molecule has 1 atom stereocenters. The monoisotopic (exact) mass is 364 g/mol. The molecule has 2 heterocycles. The number of hydrogen-bond acceptors (Lipinski definition) is 3. The molecular weight excluding hydrogens is 343 g/mol. The van der Waals surface area contributed by atoms with Crippen LogP contribution in [0.2, 0.25) is 0 Å². The van der Waals surface area contributed by atoms with Gasteiger partial charge < -0.3 is 9.32 Å². The van der Waals surface area contributed by atoms with E-state index in [-0.39, 0.29) is 17.8 Å². The molecule has 0 bridgehead atoms. The molecule has 27 heavy (non-hydrogen) atoms. The molecule has 2 aromatic rings. The maximum Gasteiger partial charge on any atom is 0.290 e. The third kappa shape index (κ3) is 3.01. The van der Waals surface area contributed by atoms with Crippen molar-refractivity contribution in [2.45, 2.75) is 44.2 Å². The molecule has 0 saturated heterocycles. The number of carbonyl (C=O) groups is 1. The van der Waals surface area contributed by atoms with Crippen molar-refractivity contribution in [2.75, 3.05) is 6.54 Å². The molecule has 1 unspecified atom stereocenters. The fraction of sp³-hybridized carbons (Fsp3) is 0.364. The van der Waals surface area contributed by atoms with E-state index in [9.17, 15) is 9.18 Å².